The highest BCUT2D eigenvalue weighted by Crippen LogP contribution is 2.43. The molecule has 9 heteroatoms. The second kappa shape index (κ2) is 6.79. The van der Waals surface area contributed by atoms with E-state index >= 15 is 0 Å². The Morgan fingerprint density at radius 1 is 1.22 bits per heavy atom. The fourth-order valence-corrected chi connectivity index (χ4v) is 4.11. The predicted octanol–water partition coefficient (Wildman–Crippen LogP) is 1.51. The molecule has 0 unspecified atom stereocenters. The number of piperidine rings is 1. The molecule has 27 heavy (non-hydrogen) atoms. The average molecular weight is 382 g/mol. The molecule has 1 N–H and O–H groups in total. The lowest BCUT2D eigenvalue weighted by atomic mass is 9.77. The van der Waals surface area contributed by atoms with E-state index in [0.29, 0.717) is 0 Å². The van der Waals surface area contributed by atoms with Crippen LogP contribution in [0.15, 0.2) is 12.1 Å². The zero-order valence-corrected chi connectivity index (χ0v) is 15.0. The monoisotopic (exact) mass is 382 g/mol. The molecule has 2 saturated heterocycles. The van der Waals surface area contributed by atoms with Crippen LogP contribution in [0.5, 0.6) is 5.75 Å². The van der Waals surface area contributed by atoms with Crippen LogP contribution in [-0.4, -0.2) is 65.5 Å². The van der Waals surface area contributed by atoms with E-state index in [1.54, 1.807) is 7.05 Å². The number of carboxylic acid groups (broad SMARTS) is 1. The number of carboxylic acids is 1. The Balaban J connectivity index is 1.80. The summed E-state index contributed by atoms with van der Waals surface area (Å²) in [7, 11) is 2.77. The summed E-state index contributed by atoms with van der Waals surface area (Å²) < 4.78 is 32.8. The van der Waals surface area contributed by atoms with Crippen LogP contribution in [0, 0.1) is 17.6 Å². The molecule has 2 aliphatic heterocycles. The van der Waals surface area contributed by atoms with Gasteiger partial charge >= 0.3 is 5.97 Å². The predicted molar refractivity (Wildman–Crippen MR) is 89.3 cm³/mol. The van der Waals surface area contributed by atoms with Crippen LogP contribution < -0.4 is 4.74 Å². The van der Waals surface area contributed by atoms with E-state index in [2.05, 4.69) is 0 Å². The quantitative estimate of drug-likeness (QED) is 0.856. The molecule has 1 spiro atoms. The lowest BCUT2D eigenvalue weighted by Crippen LogP contribution is -2.57. The number of nitrogens with zero attached hydrogens (tertiary/aromatic N) is 2. The third-order valence-corrected chi connectivity index (χ3v) is 5.78. The minimum absolute atomic E-state index is 0.0713. The van der Waals surface area contributed by atoms with Crippen molar-refractivity contribution in [1.82, 2.24) is 9.80 Å². The van der Waals surface area contributed by atoms with Crippen molar-refractivity contribution in [2.75, 3.05) is 27.2 Å². The lowest BCUT2D eigenvalue weighted by molar-refractivity contribution is -0.145. The largest absolute Gasteiger partial charge is 0.494 e. The fourth-order valence-electron chi connectivity index (χ4n) is 4.11. The molecule has 0 aliphatic carbocycles. The van der Waals surface area contributed by atoms with Gasteiger partial charge in [0, 0.05) is 26.6 Å². The number of likely N-dealkylation sites (tertiary alicyclic amines) is 2. The summed E-state index contributed by atoms with van der Waals surface area (Å²) in [5, 5.41) is 9.47. The second-order valence-corrected chi connectivity index (χ2v) is 6.89. The zero-order valence-electron chi connectivity index (χ0n) is 15.0. The Kier molecular flexibility index (Phi) is 4.79. The number of carbonyl (C=O) groups is 3. The summed E-state index contributed by atoms with van der Waals surface area (Å²) in [5.41, 5.74) is -1.27. The number of amides is 2. The minimum atomic E-state index is -1.28. The first-order chi connectivity index (χ1) is 12.7. The number of aliphatic carboxylic acids is 1. The van der Waals surface area contributed by atoms with Crippen molar-refractivity contribution >= 4 is 17.8 Å². The molecule has 1 aromatic rings. The fraction of sp³-hybridized carbons (Fsp3) is 0.500. The summed E-state index contributed by atoms with van der Waals surface area (Å²) in [6.07, 6.45) is 0.453. The van der Waals surface area contributed by atoms with Crippen LogP contribution >= 0.6 is 0 Å². The van der Waals surface area contributed by atoms with Gasteiger partial charge in [0.05, 0.1) is 24.1 Å². The highest BCUT2D eigenvalue weighted by Gasteiger charge is 2.55. The number of benzene rings is 1. The van der Waals surface area contributed by atoms with Crippen molar-refractivity contribution in [3.8, 4) is 5.75 Å². The Hall–Kier alpha value is -2.71. The van der Waals surface area contributed by atoms with Gasteiger partial charge in [0.2, 0.25) is 11.7 Å². The van der Waals surface area contributed by atoms with Crippen molar-refractivity contribution < 1.29 is 33.0 Å². The molecule has 0 bridgehead atoms. The van der Waals surface area contributed by atoms with E-state index in [0.717, 1.165) is 6.07 Å². The van der Waals surface area contributed by atoms with Gasteiger partial charge in [-0.2, -0.15) is 4.39 Å². The van der Waals surface area contributed by atoms with Gasteiger partial charge in [-0.05, 0) is 25.0 Å². The molecule has 0 radical (unpaired) electrons. The van der Waals surface area contributed by atoms with E-state index in [-0.39, 0.29) is 44.0 Å². The van der Waals surface area contributed by atoms with E-state index < -0.39 is 40.5 Å². The first-order valence-electron chi connectivity index (χ1n) is 8.53. The van der Waals surface area contributed by atoms with E-state index in [9.17, 15) is 28.3 Å². The molecule has 2 heterocycles. The number of hydrogen-bond acceptors (Lipinski definition) is 4. The molecule has 1 atom stereocenters. The van der Waals surface area contributed by atoms with E-state index in [1.807, 2.05) is 0 Å². The Morgan fingerprint density at radius 3 is 2.41 bits per heavy atom. The maximum atomic E-state index is 14.2. The van der Waals surface area contributed by atoms with Gasteiger partial charge in [-0.15, -0.1) is 0 Å². The molecule has 0 aromatic heterocycles. The number of carbonyl (C=O) groups excluding carboxylic acids is 2. The summed E-state index contributed by atoms with van der Waals surface area (Å²) in [6, 6.07) is 2.34. The first-order valence-corrected chi connectivity index (χ1v) is 8.53. The normalized spacial score (nSPS) is 21.6. The molecule has 2 fully saturated rings. The van der Waals surface area contributed by atoms with Gasteiger partial charge in [0.15, 0.2) is 11.6 Å². The van der Waals surface area contributed by atoms with Gasteiger partial charge in [-0.1, -0.05) is 0 Å². The van der Waals surface area contributed by atoms with Crippen molar-refractivity contribution in [2.45, 2.75) is 24.8 Å². The molecule has 0 saturated carbocycles. The molecule has 2 aliphatic rings. The highest BCUT2D eigenvalue weighted by atomic mass is 19.2. The van der Waals surface area contributed by atoms with Crippen molar-refractivity contribution in [3.05, 3.63) is 29.3 Å². The SMILES string of the molecule is COc1ccc(C(=O)N2CCC3(CC2)[C@H](C(=O)O)CC(=O)N3C)c(F)c1F. The van der Waals surface area contributed by atoms with Crippen LogP contribution in [0.3, 0.4) is 0 Å². The van der Waals surface area contributed by atoms with Gasteiger partial charge in [-0.25, -0.2) is 4.39 Å². The van der Waals surface area contributed by atoms with Crippen LogP contribution in [-0.2, 0) is 9.59 Å². The second-order valence-electron chi connectivity index (χ2n) is 6.89. The molecule has 3 rings (SSSR count). The molecular formula is C18H20F2N2O5. The number of halogens is 2. The minimum Gasteiger partial charge on any atom is -0.494 e. The van der Waals surface area contributed by atoms with E-state index in [4.69, 9.17) is 4.74 Å². The van der Waals surface area contributed by atoms with Crippen LogP contribution in [0.2, 0.25) is 0 Å². The summed E-state index contributed by atoms with van der Waals surface area (Å²) in [6.45, 7) is 0.292. The third-order valence-electron chi connectivity index (χ3n) is 5.78. The number of rotatable bonds is 3. The van der Waals surface area contributed by atoms with Gasteiger partial charge in [0.25, 0.3) is 5.91 Å². The summed E-state index contributed by atoms with van der Waals surface area (Å²) in [5.74, 6) is -5.62. The topological polar surface area (TPSA) is 87.1 Å². The maximum Gasteiger partial charge on any atom is 0.309 e. The number of hydrogen-bond donors (Lipinski definition) is 1. The molecule has 7 nitrogen and oxygen atoms in total. The van der Waals surface area contributed by atoms with Crippen LogP contribution in [0.1, 0.15) is 29.6 Å². The van der Waals surface area contributed by atoms with Crippen molar-refractivity contribution in [1.29, 1.82) is 0 Å². The smallest absolute Gasteiger partial charge is 0.309 e. The van der Waals surface area contributed by atoms with Crippen LogP contribution in [0.25, 0.3) is 0 Å². The van der Waals surface area contributed by atoms with E-state index in [1.165, 1.54) is 23.0 Å². The van der Waals surface area contributed by atoms with Gasteiger partial charge in [-0.3, -0.25) is 14.4 Å². The lowest BCUT2D eigenvalue weighted by Gasteiger charge is -2.45. The van der Waals surface area contributed by atoms with Gasteiger partial charge in [0.1, 0.15) is 0 Å². The standard InChI is InChI=1S/C18H20F2N2O5/c1-21-13(23)9-11(17(25)26)18(21)5-7-22(8-6-18)16(24)10-3-4-12(27-2)15(20)14(10)19/h3-4,11H,5-9H2,1-2H3,(H,25,26)/t11-/m0/s1. The molecule has 146 valence electrons. The first kappa shape index (κ1) is 19.1. The van der Waals surface area contributed by atoms with Crippen molar-refractivity contribution in [3.63, 3.8) is 0 Å². The maximum absolute atomic E-state index is 14.2. The Bertz CT molecular complexity index is 805. The van der Waals surface area contributed by atoms with Crippen molar-refractivity contribution in [2.24, 2.45) is 5.92 Å². The van der Waals surface area contributed by atoms with Crippen LogP contribution in [0.4, 0.5) is 8.78 Å². The average Bonchev–Trinajstić information content (AvgIpc) is 2.89. The number of ether oxygens (including phenoxy) is 1. The molecule has 1 aromatic carbocycles. The Labute approximate surface area is 154 Å². The molecule has 2 amide bonds. The summed E-state index contributed by atoms with van der Waals surface area (Å²) >= 11 is 0. The zero-order chi connectivity index (χ0) is 19.9. The van der Waals surface area contributed by atoms with Gasteiger partial charge < -0.3 is 19.6 Å². The molecular weight excluding hydrogens is 362 g/mol. The summed E-state index contributed by atoms with van der Waals surface area (Å²) in [4.78, 5) is 39.0. The third kappa shape index (κ3) is 2.90. The number of methoxy groups -OCH3 is 1. The Morgan fingerprint density at radius 2 is 1.85 bits per heavy atom. The highest BCUT2D eigenvalue weighted by molar-refractivity contribution is 5.95.